The van der Waals surface area contributed by atoms with E-state index in [-0.39, 0.29) is 55.6 Å². The molecule has 0 unspecified atom stereocenters. The van der Waals surface area contributed by atoms with E-state index in [1.54, 1.807) is 24.1 Å². The summed E-state index contributed by atoms with van der Waals surface area (Å²) in [5.41, 5.74) is 3.95. The Bertz CT molecular complexity index is 1320. The number of benzene rings is 2. The number of aryl methyl sites for hydroxylation is 1. The van der Waals surface area contributed by atoms with Crippen LogP contribution in [0, 0.1) is 12.7 Å². The number of aliphatic hydroxyl groups excluding tert-OH is 1. The van der Waals surface area contributed by atoms with Crippen molar-refractivity contribution in [3.63, 3.8) is 0 Å². The van der Waals surface area contributed by atoms with Crippen LogP contribution in [0.3, 0.4) is 0 Å². The van der Waals surface area contributed by atoms with Gasteiger partial charge in [0, 0.05) is 44.5 Å². The fourth-order valence-electron chi connectivity index (χ4n) is 4.43. The van der Waals surface area contributed by atoms with E-state index in [9.17, 15) is 19.1 Å². The molecule has 0 spiro atoms. The summed E-state index contributed by atoms with van der Waals surface area (Å²) in [6, 6.07) is 10.1. The summed E-state index contributed by atoms with van der Waals surface area (Å²) in [5, 5.41) is 22.6. The van der Waals surface area contributed by atoms with Crippen LogP contribution in [0.25, 0.3) is 11.4 Å². The first-order valence-corrected chi connectivity index (χ1v) is 12.8. The van der Waals surface area contributed by atoms with Gasteiger partial charge in [0.2, 0.25) is 11.7 Å². The molecule has 0 saturated carbocycles. The minimum absolute atomic E-state index is 0. The van der Waals surface area contributed by atoms with Crippen molar-refractivity contribution in [3.8, 4) is 11.4 Å². The van der Waals surface area contributed by atoms with Gasteiger partial charge in [-0.2, -0.15) is 4.98 Å². The molecule has 0 aliphatic carbocycles. The van der Waals surface area contributed by atoms with Crippen molar-refractivity contribution in [2.75, 3.05) is 44.7 Å². The minimum Gasteiger partial charge on any atom is -0.387 e. The fourth-order valence-corrected chi connectivity index (χ4v) is 4.43. The zero-order valence-corrected chi connectivity index (χ0v) is 23.6. The maximum atomic E-state index is 13.7. The number of carbonyl (C=O) groups is 2. The Morgan fingerprint density at radius 2 is 1.90 bits per heavy atom. The Morgan fingerprint density at radius 1 is 1.12 bits per heavy atom. The van der Waals surface area contributed by atoms with E-state index in [2.05, 4.69) is 20.8 Å². The third-order valence-corrected chi connectivity index (χ3v) is 6.61. The van der Waals surface area contributed by atoms with Gasteiger partial charge in [-0.1, -0.05) is 30.3 Å². The van der Waals surface area contributed by atoms with Crippen LogP contribution in [0.5, 0.6) is 0 Å². The van der Waals surface area contributed by atoms with Gasteiger partial charge in [-0.25, -0.2) is 9.40 Å². The monoisotopic (exact) mass is 575 g/mol. The number of likely N-dealkylation sites (N-methyl/N-ethyl adjacent to an activating group) is 2. The van der Waals surface area contributed by atoms with E-state index in [1.807, 2.05) is 31.0 Å². The number of halogens is 2. The van der Waals surface area contributed by atoms with Crippen LogP contribution >= 0.6 is 12.4 Å². The van der Waals surface area contributed by atoms with Crippen molar-refractivity contribution < 1.29 is 23.6 Å². The van der Waals surface area contributed by atoms with Crippen LogP contribution in [-0.4, -0.2) is 76.9 Å². The molecule has 13 heteroatoms. The van der Waals surface area contributed by atoms with Gasteiger partial charge in [0.05, 0.1) is 13.1 Å². The molecule has 2 heterocycles. The van der Waals surface area contributed by atoms with E-state index in [0.717, 1.165) is 23.2 Å². The molecule has 1 aliphatic rings. The van der Waals surface area contributed by atoms with Crippen molar-refractivity contribution >= 4 is 29.9 Å². The lowest BCUT2D eigenvalue weighted by Gasteiger charge is -2.32. The standard InChI is InChI=1S/C27H34FN7O4.ClH/c1-4-29-9-10-30-24(37)15-34(23-12-19(6-5-18(23)2)27-31-25(17-36)39-32-27)16-26(38)33(3)35-13-20-7-8-22(28)11-21(20)14-35;/h5-8,11-12,29,36H,4,9-10,13-17H2,1-3H3,(H,30,37);1H. The number of nitrogens with one attached hydrogen (secondary N) is 2. The molecule has 1 aromatic heterocycles. The van der Waals surface area contributed by atoms with Gasteiger partial charge >= 0.3 is 0 Å². The number of amides is 2. The van der Waals surface area contributed by atoms with E-state index in [0.29, 0.717) is 43.3 Å². The van der Waals surface area contributed by atoms with Gasteiger partial charge in [0.1, 0.15) is 12.4 Å². The van der Waals surface area contributed by atoms with E-state index < -0.39 is 0 Å². The molecular weight excluding hydrogens is 541 g/mol. The van der Waals surface area contributed by atoms with Crippen molar-refractivity contribution in [2.24, 2.45) is 0 Å². The van der Waals surface area contributed by atoms with Gasteiger partial charge in [-0.3, -0.25) is 14.6 Å². The Hall–Kier alpha value is -3.58. The molecule has 1 aliphatic heterocycles. The van der Waals surface area contributed by atoms with Crippen LogP contribution in [0.1, 0.15) is 29.5 Å². The first-order valence-electron chi connectivity index (χ1n) is 12.8. The second kappa shape index (κ2) is 14.2. The highest BCUT2D eigenvalue weighted by atomic mass is 35.5. The maximum Gasteiger partial charge on any atom is 0.256 e. The number of fused-ring (bicyclic) bond motifs is 1. The van der Waals surface area contributed by atoms with E-state index in [1.165, 1.54) is 17.1 Å². The quantitative estimate of drug-likeness (QED) is 0.278. The molecule has 3 aromatic rings. The van der Waals surface area contributed by atoms with Gasteiger partial charge < -0.3 is 25.2 Å². The van der Waals surface area contributed by atoms with Crippen molar-refractivity contribution in [2.45, 2.75) is 33.5 Å². The number of aromatic nitrogens is 2. The molecule has 2 amide bonds. The highest BCUT2D eigenvalue weighted by Crippen LogP contribution is 2.28. The molecule has 40 heavy (non-hydrogen) atoms. The predicted octanol–water partition coefficient (Wildman–Crippen LogP) is 2.02. The van der Waals surface area contributed by atoms with Crippen LogP contribution in [0.15, 0.2) is 40.9 Å². The van der Waals surface area contributed by atoms with Crippen LogP contribution in [-0.2, 0) is 29.3 Å². The summed E-state index contributed by atoms with van der Waals surface area (Å²) in [7, 11) is 1.68. The third-order valence-electron chi connectivity index (χ3n) is 6.61. The molecule has 0 fully saturated rings. The van der Waals surface area contributed by atoms with E-state index >= 15 is 0 Å². The lowest BCUT2D eigenvalue weighted by Crippen LogP contribution is -2.48. The number of hydrogen-bond donors (Lipinski definition) is 3. The molecule has 216 valence electrons. The first kappa shape index (κ1) is 31.0. The second-order valence-electron chi connectivity index (χ2n) is 9.38. The molecule has 4 rings (SSSR count). The molecular formula is C27H35ClFN7O4. The molecule has 0 bridgehead atoms. The Kier molecular flexibility index (Phi) is 11.0. The summed E-state index contributed by atoms with van der Waals surface area (Å²) in [5.74, 6) is -0.373. The van der Waals surface area contributed by atoms with Crippen LogP contribution < -0.4 is 15.5 Å². The number of aliphatic hydroxyl groups is 1. The lowest BCUT2D eigenvalue weighted by atomic mass is 10.1. The van der Waals surface area contributed by atoms with Crippen molar-refractivity contribution in [1.29, 1.82) is 0 Å². The average molecular weight is 576 g/mol. The zero-order valence-electron chi connectivity index (χ0n) is 22.8. The third kappa shape index (κ3) is 7.54. The van der Waals surface area contributed by atoms with Gasteiger partial charge in [-0.15, -0.1) is 12.4 Å². The molecule has 3 N–H and O–H groups in total. The SMILES string of the molecule is CCNCCNC(=O)CN(CC(=O)N(C)N1Cc2ccc(F)cc2C1)c1cc(-c2noc(CO)n2)ccc1C.Cl. The average Bonchev–Trinajstić information content (AvgIpc) is 3.57. The maximum absolute atomic E-state index is 13.7. The molecule has 11 nitrogen and oxygen atoms in total. The van der Waals surface area contributed by atoms with Gasteiger partial charge in [-0.05, 0) is 48.4 Å². The normalized spacial score (nSPS) is 12.5. The molecule has 0 radical (unpaired) electrons. The van der Waals surface area contributed by atoms with E-state index in [4.69, 9.17) is 4.52 Å². The Labute approximate surface area is 238 Å². The molecule has 0 atom stereocenters. The second-order valence-corrected chi connectivity index (χ2v) is 9.38. The largest absolute Gasteiger partial charge is 0.387 e. The number of rotatable bonds is 12. The van der Waals surface area contributed by atoms with Crippen LogP contribution in [0.2, 0.25) is 0 Å². The highest BCUT2D eigenvalue weighted by molar-refractivity contribution is 5.87. The number of anilines is 1. The fraction of sp³-hybridized carbons (Fsp3) is 0.407. The minimum atomic E-state index is -0.376. The summed E-state index contributed by atoms with van der Waals surface area (Å²) < 4.78 is 18.7. The van der Waals surface area contributed by atoms with Crippen LogP contribution in [0.4, 0.5) is 10.1 Å². The van der Waals surface area contributed by atoms with Gasteiger partial charge in [0.15, 0.2) is 0 Å². The Balaban J connectivity index is 0.00000441. The summed E-state index contributed by atoms with van der Waals surface area (Å²) in [6.45, 7) is 6.19. The predicted molar refractivity (Wildman–Crippen MR) is 150 cm³/mol. The molecule has 2 aromatic carbocycles. The number of hydrogen-bond acceptors (Lipinski definition) is 9. The first-order chi connectivity index (χ1) is 18.8. The molecule has 0 saturated heterocycles. The van der Waals surface area contributed by atoms with Gasteiger partial charge in [0.25, 0.3) is 11.8 Å². The topological polar surface area (TPSA) is 127 Å². The summed E-state index contributed by atoms with van der Waals surface area (Å²) in [6.07, 6.45) is 0. The lowest BCUT2D eigenvalue weighted by molar-refractivity contribution is -0.145. The van der Waals surface area contributed by atoms with Crippen molar-refractivity contribution in [1.82, 2.24) is 30.8 Å². The Morgan fingerprint density at radius 3 is 2.62 bits per heavy atom. The number of hydrazine groups is 1. The smallest absolute Gasteiger partial charge is 0.256 e. The zero-order chi connectivity index (χ0) is 27.9. The number of carbonyl (C=O) groups excluding carboxylic acids is 2. The summed E-state index contributed by atoms with van der Waals surface area (Å²) >= 11 is 0. The van der Waals surface area contributed by atoms with Crippen molar-refractivity contribution in [3.05, 3.63) is 64.8 Å². The number of nitrogens with zero attached hydrogens (tertiary/aromatic N) is 5. The highest BCUT2D eigenvalue weighted by Gasteiger charge is 2.27. The summed E-state index contributed by atoms with van der Waals surface area (Å²) in [4.78, 5) is 32.2.